The number of aromatic hydroxyl groups is 1. The molecule has 0 aromatic heterocycles. The Bertz CT molecular complexity index is 535. The lowest BCUT2D eigenvalue weighted by molar-refractivity contribution is -0.143. The molecule has 0 saturated heterocycles. The van der Waals surface area contributed by atoms with Crippen LogP contribution in [0.15, 0.2) is 12.1 Å². The van der Waals surface area contributed by atoms with E-state index in [2.05, 4.69) is 5.32 Å². The van der Waals surface area contributed by atoms with Crippen molar-refractivity contribution in [3.05, 3.63) is 28.8 Å². The second-order valence-corrected chi connectivity index (χ2v) is 6.38. The van der Waals surface area contributed by atoms with Gasteiger partial charge in [-0.25, -0.2) is 4.79 Å². The van der Waals surface area contributed by atoms with E-state index in [-0.39, 0.29) is 18.1 Å². The van der Waals surface area contributed by atoms with Gasteiger partial charge in [0.15, 0.2) is 0 Å². The van der Waals surface area contributed by atoms with Gasteiger partial charge in [0, 0.05) is 11.8 Å². The highest BCUT2D eigenvalue weighted by atomic mass is 16.4. The number of phenols is 1. The number of benzene rings is 1. The van der Waals surface area contributed by atoms with Crippen LogP contribution >= 0.6 is 0 Å². The SMILES string of the molecule is Cc1cc(O)cc(C)c1CC(NC(=O)C(C)(C)C)C(=O)O. The molecule has 21 heavy (non-hydrogen) atoms. The van der Waals surface area contributed by atoms with E-state index in [0.717, 1.165) is 16.7 Å². The maximum Gasteiger partial charge on any atom is 0.326 e. The third kappa shape index (κ3) is 4.48. The smallest absolute Gasteiger partial charge is 0.326 e. The maximum atomic E-state index is 12.0. The van der Waals surface area contributed by atoms with Crippen molar-refractivity contribution in [3.8, 4) is 5.75 Å². The number of rotatable bonds is 4. The number of carboxylic acids is 1. The molecule has 5 heteroatoms. The lowest BCUT2D eigenvalue weighted by atomic mass is 9.93. The summed E-state index contributed by atoms with van der Waals surface area (Å²) >= 11 is 0. The molecule has 0 aliphatic rings. The highest BCUT2D eigenvalue weighted by Crippen LogP contribution is 2.22. The first-order chi connectivity index (χ1) is 9.52. The van der Waals surface area contributed by atoms with Crippen LogP contribution in [0.2, 0.25) is 0 Å². The lowest BCUT2D eigenvalue weighted by Crippen LogP contribution is -2.47. The van der Waals surface area contributed by atoms with Crippen molar-refractivity contribution in [2.45, 2.75) is 47.1 Å². The van der Waals surface area contributed by atoms with Gasteiger partial charge in [-0.15, -0.1) is 0 Å². The molecule has 1 unspecified atom stereocenters. The number of aliphatic carboxylic acids is 1. The van der Waals surface area contributed by atoms with Crippen molar-refractivity contribution in [1.82, 2.24) is 5.32 Å². The van der Waals surface area contributed by atoms with Gasteiger partial charge in [0.1, 0.15) is 11.8 Å². The molecule has 0 aliphatic carbocycles. The third-order valence-corrected chi connectivity index (χ3v) is 3.37. The number of carboxylic acid groups (broad SMARTS) is 1. The summed E-state index contributed by atoms with van der Waals surface area (Å²) < 4.78 is 0. The molecule has 1 aromatic carbocycles. The summed E-state index contributed by atoms with van der Waals surface area (Å²) in [5, 5.41) is 21.4. The molecule has 5 nitrogen and oxygen atoms in total. The number of carbonyl (C=O) groups is 2. The molecule has 0 saturated carbocycles. The van der Waals surface area contributed by atoms with Crippen LogP contribution in [0.4, 0.5) is 0 Å². The quantitative estimate of drug-likeness (QED) is 0.794. The van der Waals surface area contributed by atoms with Crippen LogP contribution in [0.25, 0.3) is 0 Å². The number of nitrogens with one attached hydrogen (secondary N) is 1. The summed E-state index contributed by atoms with van der Waals surface area (Å²) in [6, 6.07) is 2.19. The third-order valence-electron chi connectivity index (χ3n) is 3.37. The first-order valence-corrected chi connectivity index (χ1v) is 6.85. The molecule has 0 aliphatic heterocycles. The highest BCUT2D eigenvalue weighted by molar-refractivity contribution is 5.86. The molecule has 0 spiro atoms. The average Bonchev–Trinajstić information content (AvgIpc) is 2.30. The number of aryl methyl sites for hydroxylation is 2. The number of phenolic OH excluding ortho intramolecular Hbond substituents is 1. The van der Waals surface area contributed by atoms with Gasteiger partial charge in [-0.05, 0) is 42.7 Å². The Morgan fingerprint density at radius 1 is 1.19 bits per heavy atom. The second-order valence-electron chi connectivity index (χ2n) is 6.38. The molecule has 0 heterocycles. The number of hydrogen-bond acceptors (Lipinski definition) is 3. The molecular formula is C16H23NO4. The summed E-state index contributed by atoms with van der Waals surface area (Å²) in [6.07, 6.45) is 0.190. The molecule has 0 fully saturated rings. The van der Waals surface area contributed by atoms with Crippen LogP contribution in [0.1, 0.15) is 37.5 Å². The fraction of sp³-hybridized carbons (Fsp3) is 0.500. The summed E-state index contributed by atoms with van der Waals surface area (Å²) in [5.41, 5.74) is 1.80. The molecule has 1 amide bonds. The van der Waals surface area contributed by atoms with E-state index in [4.69, 9.17) is 0 Å². The fourth-order valence-corrected chi connectivity index (χ4v) is 2.07. The van der Waals surface area contributed by atoms with Crippen molar-refractivity contribution in [2.24, 2.45) is 5.41 Å². The van der Waals surface area contributed by atoms with Crippen molar-refractivity contribution in [2.75, 3.05) is 0 Å². The minimum atomic E-state index is -1.07. The fourth-order valence-electron chi connectivity index (χ4n) is 2.07. The highest BCUT2D eigenvalue weighted by Gasteiger charge is 2.28. The topological polar surface area (TPSA) is 86.6 Å². The minimum absolute atomic E-state index is 0.152. The number of hydrogen-bond donors (Lipinski definition) is 3. The van der Waals surface area contributed by atoms with E-state index in [9.17, 15) is 19.8 Å². The van der Waals surface area contributed by atoms with E-state index < -0.39 is 17.4 Å². The van der Waals surface area contributed by atoms with Crippen LogP contribution in [0.3, 0.4) is 0 Å². The van der Waals surface area contributed by atoms with E-state index in [1.54, 1.807) is 32.9 Å². The molecule has 116 valence electrons. The van der Waals surface area contributed by atoms with Gasteiger partial charge in [0.05, 0.1) is 0 Å². The molecule has 0 bridgehead atoms. The largest absolute Gasteiger partial charge is 0.508 e. The molecule has 1 rings (SSSR count). The minimum Gasteiger partial charge on any atom is -0.508 e. The Morgan fingerprint density at radius 2 is 1.67 bits per heavy atom. The van der Waals surface area contributed by atoms with Gasteiger partial charge in [-0.3, -0.25) is 4.79 Å². The Hall–Kier alpha value is -2.04. The van der Waals surface area contributed by atoms with E-state index in [1.165, 1.54) is 0 Å². The van der Waals surface area contributed by atoms with Crippen LogP contribution in [0.5, 0.6) is 5.75 Å². The van der Waals surface area contributed by atoms with Gasteiger partial charge >= 0.3 is 5.97 Å². The Kier molecular flexibility index (Phi) is 4.99. The first-order valence-electron chi connectivity index (χ1n) is 6.85. The monoisotopic (exact) mass is 293 g/mol. The Labute approximate surface area is 125 Å². The van der Waals surface area contributed by atoms with Gasteiger partial charge in [0.2, 0.25) is 5.91 Å². The summed E-state index contributed by atoms with van der Waals surface area (Å²) in [5.74, 6) is -1.22. The maximum absolute atomic E-state index is 12.0. The van der Waals surface area contributed by atoms with Gasteiger partial charge in [-0.1, -0.05) is 20.8 Å². The van der Waals surface area contributed by atoms with Crippen molar-refractivity contribution >= 4 is 11.9 Å². The van der Waals surface area contributed by atoms with E-state index in [0.29, 0.717) is 0 Å². The molecule has 1 atom stereocenters. The van der Waals surface area contributed by atoms with E-state index in [1.807, 2.05) is 13.8 Å². The van der Waals surface area contributed by atoms with Crippen molar-refractivity contribution in [3.63, 3.8) is 0 Å². The summed E-state index contributed by atoms with van der Waals surface area (Å²) in [4.78, 5) is 23.4. The molecule has 0 radical (unpaired) electrons. The summed E-state index contributed by atoms with van der Waals surface area (Å²) in [6.45, 7) is 8.83. The van der Waals surface area contributed by atoms with Gasteiger partial charge in [-0.2, -0.15) is 0 Å². The zero-order chi connectivity index (χ0) is 16.4. The zero-order valence-corrected chi connectivity index (χ0v) is 13.2. The molecular weight excluding hydrogens is 270 g/mol. The van der Waals surface area contributed by atoms with Crippen molar-refractivity contribution in [1.29, 1.82) is 0 Å². The van der Waals surface area contributed by atoms with Gasteiger partial charge in [0.25, 0.3) is 0 Å². The number of amides is 1. The predicted octanol–water partition coefficient (Wildman–Crippen LogP) is 2.17. The predicted molar refractivity (Wildman–Crippen MR) is 80.3 cm³/mol. The van der Waals surface area contributed by atoms with Crippen LogP contribution in [-0.2, 0) is 16.0 Å². The summed E-state index contributed by atoms with van der Waals surface area (Å²) in [7, 11) is 0. The van der Waals surface area contributed by atoms with E-state index >= 15 is 0 Å². The average molecular weight is 293 g/mol. The van der Waals surface area contributed by atoms with Crippen molar-refractivity contribution < 1.29 is 19.8 Å². The van der Waals surface area contributed by atoms with Crippen LogP contribution in [0, 0.1) is 19.3 Å². The second kappa shape index (κ2) is 6.16. The molecule has 1 aromatic rings. The zero-order valence-electron chi connectivity index (χ0n) is 13.2. The van der Waals surface area contributed by atoms with Crippen LogP contribution in [-0.4, -0.2) is 28.1 Å². The molecule has 3 N–H and O–H groups in total. The normalized spacial score (nSPS) is 12.8. The lowest BCUT2D eigenvalue weighted by Gasteiger charge is -2.23. The Morgan fingerprint density at radius 3 is 2.05 bits per heavy atom. The standard InChI is InChI=1S/C16H23NO4/c1-9-6-11(18)7-10(2)12(9)8-13(14(19)20)17-15(21)16(3,4)5/h6-7,13,18H,8H2,1-5H3,(H,17,21)(H,19,20). The number of carbonyl (C=O) groups excluding carboxylic acids is 1. The first kappa shape index (κ1) is 17.0. The van der Waals surface area contributed by atoms with Gasteiger partial charge < -0.3 is 15.5 Å². The van der Waals surface area contributed by atoms with Crippen LogP contribution < -0.4 is 5.32 Å². The Balaban J connectivity index is 3.00.